The van der Waals surface area contributed by atoms with Gasteiger partial charge in [-0.3, -0.25) is 9.52 Å². The Bertz CT molecular complexity index is 1370. The maximum absolute atomic E-state index is 13.5. The lowest BCUT2D eigenvalue weighted by atomic mass is 10.0. The highest BCUT2D eigenvalue weighted by molar-refractivity contribution is 7.92. The predicted octanol–water partition coefficient (Wildman–Crippen LogP) is 4.37. The number of likely N-dealkylation sites (N-methyl/N-ethyl adjacent to an activating group) is 1. The van der Waals surface area contributed by atoms with Gasteiger partial charge in [0.15, 0.2) is 0 Å². The number of ether oxygens (including phenoxy) is 3. The number of anilines is 1. The van der Waals surface area contributed by atoms with Gasteiger partial charge in [-0.25, -0.2) is 8.42 Å². The second kappa shape index (κ2) is 12.5. The minimum atomic E-state index is -3.93. The van der Waals surface area contributed by atoms with Crippen LogP contribution < -0.4 is 19.5 Å². The highest BCUT2D eigenvalue weighted by Crippen LogP contribution is 2.28. The lowest BCUT2D eigenvalue weighted by Crippen LogP contribution is -2.44. The van der Waals surface area contributed by atoms with Crippen molar-refractivity contribution in [2.24, 2.45) is 5.92 Å². The first-order valence-corrected chi connectivity index (χ1v) is 14.3. The van der Waals surface area contributed by atoms with Crippen molar-refractivity contribution in [2.45, 2.75) is 30.9 Å². The Labute approximate surface area is 230 Å². The van der Waals surface area contributed by atoms with Gasteiger partial charge in [-0.2, -0.15) is 0 Å². The Morgan fingerprint density at radius 1 is 1.00 bits per heavy atom. The summed E-state index contributed by atoms with van der Waals surface area (Å²) in [6.45, 7) is 5.51. The summed E-state index contributed by atoms with van der Waals surface area (Å²) in [5.41, 5.74) is 0.512. The zero-order valence-corrected chi connectivity index (χ0v) is 23.4. The van der Waals surface area contributed by atoms with Crippen molar-refractivity contribution in [3.05, 3.63) is 78.4 Å². The van der Waals surface area contributed by atoms with Crippen LogP contribution in [0, 0.1) is 5.92 Å². The molecule has 0 radical (unpaired) electrons. The summed E-state index contributed by atoms with van der Waals surface area (Å²) in [7, 11) is -0.596. The van der Waals surface area contributed by atoms with Gasteiger partial charge in [0.05, 0.1) is 16.6 Å². The maximum Gasteiger partial charge on any atom is 0.261 e. The number of sulfonamides is 1. The van der Waals surface area contributed by atoms with Gasteiger partial charge < -0.3 is 24.4 Å². The van der Waals surface area contributed by atoms with Gasteiger partial charge in [-0.1, -0.05) is 25.1 Å². The molecule has 3 aromatic rings. The average Bonchev–Trinajstić information content (AvgIpc) is 2.93. The van der Waals surface area contributed by atoms with E-state index in [1.807, 2.05) is 37.3 Å². The fourth-order valence-electron chi connectivity index (χ4n) is 4.25. The number of carbonyl (C=O) groups excluding carboxylic acids is 1. The Kier molecular flexibility index (Phi) is 9.11. The third-order valence-electron chi connectivity index (χ3n) is 6.59. The maximum atomic E-state index is 13.5. The van der Waals surface area contributed by atoms with Gasteiger partial charge in [0.25, 0.3) is 15.9 Å². The second-order valence-electron chi connectivity index (χ2n) is 9.76. The Hall–Kier alpha value is -3.60. The summed E-state index contributed by atoms with van der Waals surface area (Å²) in [6, 6.07) is 20.1. The van der Waals surface area contributed by atoms with Crippen molar-refractivity contribution in [3.8, 4) is 17.2 Å². The smallest absolute Gasteiger partial charge is 0.261 e. The zero-order chi connectivity index (χ0) is 28.0. The number of fused-ring (bicyclic) bond motifs is 1. The van der Waals surface area contributed by atoms with Crippen LogP contribution >= 0.6 is 0 Å². The first-order chi connectivity index (χ1) is 18.7. The van der Waals surface area contributed by atoms with Crippen molar-refractivity contribution in [1.82, 2.24) is 10.2 Å². The van der Waals surface area contributed by atoms with Gasteiger partial charge >= 0.3 is 0 Å². The summed E-state index contributed by atoms with van der Waals surface area (Å²) in [5.74, 6) is 1.42. The predicted molar refractivity (Wildman–Crippen MR) is 150 cm³/mol. The number of nitrogens with one attached hydrogen (secondary N) is 2. The van der Waals surface area contributed by atoms with Crippen LogP contribution in [0.15, 0.2) is 77.7 Å². The molecular formula is C29H35N3O6S. The van der Waals surface area contributed by atoms with Gasteiger partial charge in [-0.05, 0) is 67.4 Å². The number of nitrogens with zero attached hydrogens (tertiary/aromatic N) is 1. The van der Waals surface area contributed by atoms with E-state index in [4.69, 9.17) is 14.2 Å². The molecule has 208 valence electrons. The number of para-hydroxylation sites is 1. The van der Waals surface area contributed by atoms with Crippen LogP contribution in [-0.2, 0) is 14.8 Å². The molecule has 1 aliphatic rings. The third-order valence-corrected chi connectivity index (χ3v) is 7.99. The fraction of sp³-hybridized carbons (Fsp3) is 0.345. The number of hydrogen-bond donors (Lipinski definition) is 2. The van der Waals surface area contributed by atoms with E-state index < -0.39 is 10.0 Å². The normalized spacial score (nSPS) is 20.7. The van der Waals surface area contributed by atoms with Crippen LogP contribution in [0.25, 0.3) is 0 Å². The number of carbonyl (C=O) groups is 1. The summed E-state index contributed by atoms with van der Waals surface area (Å²) in [4.78, 5) is 15.1. The van der Waals surface area contributed by atoms with Crippen molar-refractivity contribution in [3.63, 3.8) is 0 Å². The summed E-state index contributed by atoms with van der Waals surface area (Å²) in [5, 5.41) is 3.44. The van der Waals surface area contributed by atoms with Crippen molar-refractivity contribution >= 4 is 21.6 Å². The standard InChI is InChI=1S/C29H35N3O6S/c1-20-17-30-21(2)19-37-27-15-10-22(16-26(27)29(33)32(3)18-28(20)36-4)31-39(34,35)25-13-11-24(12-14-25)38-23-8-6-5-7-9-23/h5-16,20-21,28,30-31H,17-19H2,1-4H3/t20-,21+,28+/m0/s1. The van der Waals surface area contributed by atoms with E-state index in [0.29, 0.717) is 30.4 Å². The molecule has 4 rings (SSSR count). The summed E-state index contributed by atoms with van der Waals surface area (Å²) >= 11 is 0. The highest BCUT2D eigenvalue weighted by atomic mass is 32.2. The lowest BCUT2D eigenvalue weighted by Gasteiger charge is -2.30. The molecule has 1 aliphatic heterocycles. The molecule has 0 saturated heterocycles. The van der Waals surface area contributed by atoms with Gasteiger partial charge in [-0.15, -0.1) is 0 Å². The van der Waals surface area contributed by atoms with Crippen LogP contribution in [0.1, 0.15) is 24.2 Å². The van der Waals surface area contributed by atoms with Gasteiger partial charge in [0, 0.05) is 39.0 Å². The number of rotatable bonds is 6. The van der Waals surface area contributed by atoms with E-state index in [9.17, 15) is 13.2 Å². The van der Waals surface area contributed by atoms with Crippen LogP contribution in [0.5, 0.6) is 17.2 Å². The molecule has 0 aliphatic carbocycles. The first-order valence-electron chi connectivity index (χ1n) is 12.8. The van der Waals surface area contributed by atoms with E-state index in [1.54, 1.807) is 43.3 Å². The van der Waals surface area contributed by atoms with Gasteiger partial charge in [0.1, 0.15) is 23.9 Å². The van der Waals surface area contributed by atoms with Crippen LogP contribution in [0.4, 0.5) is 5.69 Å². The molecular weight excluding hydrogens is 518 g/mol. The Morgan fingerprint density at radius 2 is 1.69 bits per heavy atom. The molecule has 10 heteroatoms. The number of hydrogen-bond acceptors (Lipinski definition) is 7. The van der Waals surface area contributed by atoms with E-state index in [1.165, 1.54) is 18.2 Å². The van der Waals surface area contributed by atoms with Crippen molar-refractivity contribution < 1.29 is 27.4 Å². The zero-order valence-electron chi connectivity index (χ0n) is 22.6. The summed E-state index contributed by atoms with van der Waals surface area (Å²) < 4.78 is 46.3. The van der Waals surface area contributed by atoms with E-state index in [-0.39, 0.29) is 40.1 Å². The van der Waals surface area contributed by atoms with E-state index in [2.05, 4.69) is 17.0 Å². The Balaban J connectivity index is 1.56. The van der Waals surface area contributed by atoms with E-state index in [0.717, 1.165) is 6.54 Å². The molecule has 0 unspecified atom stereocenters. The molecule has 3 atom stereocenters. The van der Waals surface area contributed by atoms with Crippen LogP contribution in [0.3, 0.4) is 0 Å². The van der Waals surface area contributed by atoms with Crippen molar-refractivity contribution in [1.29, 1.82) is 0 Å². The monoisotopic (exact) mass is 553 g/mol. The van der Waals surface area contributed by atoms with Crippen LogP contribution in [0.2, 0.25) is 0 Å². The molecule has 1 heterocycles. The molecule has 39 heavy (non-hydrogen) atoms. The molecule has 1 amide bonds. The summed E-state index contributed by atoms with van der Waals surface area (Å²) in [6.07, 6.45) is -0.169. The molecule has 0 aromatic heterocycles. The SMILES string of the molecule is CO[C@@H]1CN(C)C(=O)c2cc(NS(=O)(=O)c3ccc(Oc4ccccc4)cc3)ccc2OC[C@@H](C)NC[C@@H]1C. The average molecular weight is 554 g/mol. The van der Waals surface area contributed by atoms with Gasteiger partial charge in [0.2, 0.25) is 0 Å². The largest absolute Gasteiger partial charge is 0.491 e. The number of methoxy groups -OCH3 is 1. The molecule has 0 bridgehead atoms. The second-order valence-corrected chi connectivity index (χ2v) is 11.4. The highest BCUT2D eigenvalue weighted by Gasteiger charge is 2.26. The molecule has 0 saturated carbocycles. The quantitative estimate of drug-likeness (QED) is 0.467. The molecule has 2 N–H and O–H groups in total. The Morgan fingerprint density at radius 3 is 2.38 bits per heavy atom. The number of benzene rings is 3. The lowest BCUT2D eigenvalue weighted by molar-refractivity contribution is 0.0281. The van der Waals surface area contributed by atoms with Crippen molar-refractivity contribution in [2.75, 3.05) is 38.6 Å². The fourth-order valence-corrected chi connectivity index (χ4v) is 5.30. The molecule has 0 fully saturated rings. The van der Waals surface area contributed by atoms with Crippen LogP contribution in [-0.4, -0.2) is 65.2 Å². The molecule has 3 aromatic carbocycles. The molecule has 9 nitrogen and oxygen atoms in total. The minimum absolute atomic E-state index is 0.0390. The molecule has 0 spiro atoms. The third kappa shape index (κ3) is 7.29. The van der Waals surface area contributed by atoms with E-state index >= 15 is 0 Å². The topological polar surface area (TPSA) is 106 Å². The minimum Gasteiger partial charge on any atom is -0.491 e. The first kappa shape index (κ1) is 28.4. The number of amides is 1.